The summed E-state index contributed by atoms with van der Waals surface area (Å²) >= 11 is 0. The van der Waals surface area contributed by atoms with Crippen molar-refractivity contribution in [3.63, 3.8) is 0 Å². The molecule has 0 amide bonds. The molecule has 2 rings (SSSR count). The summed E-state index contributed by atoms with van der Waals surface area (Å²) < 4.78 is 11.1. The molecule has 15 heavy (non-hydrogen) atoms. The van der Waals surface area contributed by atoms with E-state index in [1.54, 1.807) is 0 Å². The lowest BCUT2D eigenvalue weighted by atomic mass is 10.0. The van der Waals surface area contributed by atoms with E-state index in [1.807, 2.05) is 20.8 Å². The molecule has 0 spiro atoms. The van der Waals surface area contributed by atoms with Crippen molar-refractivity contribution in [3.8, 4) is 0 Å². The monoisotopic (exact) mass is 207 g/mol. The molecule has 1 aliphatic rings. The molecule has 0 saturated heterocycles. The van der Waals surface area contributed by atoms with E-state index in [1.165, 1.54) is 0 Å². The van der Waals surface area contributed by atoms with Gasteiger partial charge in [-0.25, -0.2) is 4.98 Å². The number of hydrogen-bond acceptors (Lipinski definition) is 3. The highest BCUT2D eigenvalue weighted by atomic mass is 16.5. The molecule has 0 fully saturated rings. The zero-order chi connectivity index (χ0) is 11.0. The van der Waals surface area contributed by atoms with Crippen LogP contribution in [0.25, 0.3) is 0 Å². The molecule has 1 aromatic rings. The first-order valence-electron chi connectivity index (χ1n) is 5.34. The van der Waals surface area contributed by atoms with Gasteiger partial charge in [-0.2, -0.15) is 0 Å². The zero-order valence-corrected chi connectivity index (χ0v) is 9.70. The van der Waals surface area contributed by atoms with Crippen molar-refractivity contribution in [3.05, 3.63) is 29.2 Å². The molecule has 0 aliphatic carbocycles. The number of aryl methyl sites for hydroxylation is 2. The molecule has 0 unspecified atom stereocenters. The normalized spacial score (nSPS) is 25.2. The van der Waals surface area contributed by atoms with E-state index < -0.39 is 0 Å². The van der Waals surface area contributed by atoms with Crippen LogP contribution >= 0.6 is 0 Å². The Morgan fingerprint density at radius 3 is 2.53 bits per heavy atom. The van der Waals surface area contributed by atoms with E-state index in [4.69, 9.17) is 9.15 Å². The average Bonchev–Trinajstić information content (AvgIpc) is 2.58. The summed E-state index contributed by atoms with van der Waals surface area (Å²) in [5.74, 6) is 3.12. The van der Waals surface area contributed by atoms with Crippen molar-refractivity contribution in [2.75, 3.05) is 0 Å². The van der Waals surface area contributed by atoms with Gasteiger partial charge in [0.1, 0.15) is 11.9 Å². The Balaban J connectivity index is 2.07. The van der Waals surface area contributed by atoms with E-state index >= 15 is 0 Å². The van der Waals surface area contributed by atoms with Crippen LogP contribution in [0.3, 0.4) is 0 Å². The van der Waals surface area contributed by atoms with Crippen molar-refractivity contribution in [2.24, 2.45) is 5.92 Å². The van der Waals surface area contributed by atoms with Crippen LogP contribution in [-0.4, -0.2) is 11.1 Å². The van der Waals surface area contributed by atoms with Crippen LogP contribution in [-0.2, 0) is 11.2 Å². The summed E-state index contributed by atoms with van der Waals surface area (Å²) in [6, 6.07) is 0. The number of aromatic nitrogens is 1. The van der Waals surface area contributed by atoms with Gasteiger partial charge in [0.2, 0.25) is 0 Å². The summed E-state index contributed by atoms with van der Waals surface area (Å²) in [6.07, 6.45) is 3.21. The van der Waals surface area contributed by atoms with Gasteiger partial charge in [0.15, 0.2) is 5.89 Å². The Bertz CT molecular complexity index is 392. The van der Waals surface area contributed by atoms with Crippen molar-refractivity contribution in [2.45, 2.75) is 40.2 Å². The Labute approximate surface area is 90.1 Å². The second-order valence-corrected chi connectivity index (χ2v) is 4.23. The molecular weight excluding hydrogens is 190 g/mol. The van der Waals surface area contributed by atoms with Crippen LogP contribution in [0.2, 0.25) is 0 Å². The van der Waals surface area contributed by atoms with Gasteiger partial charge >= 0.3 is 0 Å². The second-order valence-electron chi connectivity index (χ2n) is 4.23. The zero-order valence-electron chi connectivity index (χ0n) is 9.70. The van der Waals surface area contributed by atoms with E-state index in [0.29, 0.717) is 5.92 Å². The van der Waals surface area contributed by atoms with Crippen LogP contribution in [0.5, 0.6) is 0 Å². The topological polar surface area (TPSA) is 35.3 Å². The van der Waals surface area contributed by atoms with Crippen LogP contribution in [0, 0.1) is 19.8 Å². The van der Waals surface area contributed by atoms with Gasteiger partial charge in [0.25, 0.3) is 0 Å². The van der Waals surface area contributed by atoms with Crippen LogP contribution in [0.1, 0.15) is 31.2 Å². The number of ether oxygens (including phenoxy) is 1. The minimum absolute atomic E-state index is 0.216. The highest BCUT2D eigenvalue weighted by Gasteiger charge is 2.25. The lowest BCUT2D eigenvalue weighted by molar-refractivity contribution is 0.118. The third-order valence-corrected chi connectivity index (χ3v) is 2.82. The predicted octanol–water partition coefficient (Wildman–Crippen LogP) is 2.77. The first kappa shape index (κ1) is 10.3. The molecule has 3 nitrogen and oxygen atoms in total. The Kier molecular flexibility index (Phi) is 2.55. The minimum atomic E-state index is 0.216. The highest BCUT2D eigenvalue weighted by molar-refractivity contribution is 5.12. The third-order valence-electron chi connectivity index (χ3n) is 2.82. The maximum Gasteiger partial charge on any atom is 0.191 e. The molecule has 3 heteroatoms. The maximum absolute atomic E-state index is 5.72. The summed E-state index contributed by atoms with van der Waals surface area (Å²) in [6.45, 7) is 8.00. The van der Waals surface area contributed by atoms with Gasteiger partial charge in [-0.15, -0.1) is 0 Å². The van der Waals surface area contributed by atoms with Crippen molar-refractivity contribution in [1.82, 2.24) is 4.98 Å². The third kappa shape index (κ3) is 2.06. The molecule has 2 heterocycles. The van der Waals surface area contributed by atoms with E-state index in [9.17, 15) is 0 Å². The smallest absolute Gasteiger partial charge is 0.191 e. The van der Waals surface area contributed by atoms with Gasteiger partial charge in [0, 0.05) is 19.3 Å². The van der Waals surface area contributed by atoms with Crippen LogP contribution < -0.4 is 0 Å². The fourth-order valence-corrected chi connectivity index (χ4v) is 2.04. The quantitative estimate of drug-likeness (QED) is 0.748. The maximum atomic E-state index is 5.72. The molecule has 0 radical (unpaired) electrons. The molecule has 0 N–H and O–H groups in total. The Hall–Kier alpha value is -1.25. The second kappa shape index (κ2) is 3.72. The Morgan fingerprint density at radius 1 is 1.33 bits per heavy atom. The predicted molar refractivity (Wildman–Crippen MR) is 57.5 cm³/mol. The van der Waals surface area contributed by atoms with E-state index in [0.717, 1.165) is 29.5 Å². The van der Waals surface area contributed by atoms with Gasteiger partial charge in [0.05, 0.1) is 11.5 Å². The van der Waals surface area contributed by atoms with E-state index in [-0.39, 0.29) is 6.10 Å². The van der Waals surface area contributed by atoms with Crippen LogP contribution in [0.4, 0.5) is 0 Å². The number of hydrogen-bond donors (Lipinski definition) is 0. The molecule has 1 aliphatic heterocycles. The number of allylic oxidation sites excluding steroid dienone is 1. The van der Waals surface area contributed by atoms with Crippen LogP contribution in [0.15, 0.2) is 16.3 Å². The first-order valence-corrected chi connectivity index (χ1v) is 5.34. The van der Waals surface area contributed by atoms with Crippen molar-refractivity contribution >= 4 is 0 Å². The van der Waals surface area contributed by atoms with Gasteiger partial charge in [-0.1, -0.05) is 6.92 Å². The number of oxazole rings is 1. The summed E-state index contributed by atoms with van der Waals surface area (Å²) in [4.78, 5) is 4.36. The minimum Gasteiger partial charge on any atom is -0.494 e. The summed E-state index contributed by atoms with van der Waals surface area (Å²) in [5.41, 5.74) is 1.02. The fraction of sp³-hybridized carbons (Fsp3) is 0.583. The number of nitrogens with zero attached hydrogens (tertiary/aromatic N) is 1. The van der Waals surface area contributed by atoms with Gasteiger partial charge in [-0.05, 0) is 19.9 Å². The van der Waals surface area contributed by atoms with Gasteiger partial charge < -0.3 is 9.15 Å². The standard InChI is InChI=1S/C12H17NO2/c1-7-5-8(2)14-12(7)6-11-9(3)15-10(4)13-11/h5,7,12H,6H2,1-4H3/t7-,12-/m0/s1. The van der Waals surface area contributed by atoms with Gasteiger partial charge in [-0.3, -0.25) is 0 Å². The molecule has 82 valence electrons. The molecule has 0 saturated carbocycles. The molecular formula is C12H17NO2. The lowest BCUT2D eigenvalue weighted by Crippen LogP contribution is -2.18. The number of rotatable bonds is 2. The molecule has 0 bridgehead atoms. The fourth-order valence-electron chi connectivity index (χ4n) is 2.04. The first-order chi connectivity index (χ1) is 7.06. The SMILES string of the molecule is CC1=C[C@H](C)[C@H](Cc2nc(C)oc2C)O1. The van der Waals surface area contributed by atoms with E-state index in [2.05, 4.69) is 18.0 Å². The lowest BCUT2D eigenvalue weighted by Gasteiger charge is -2.14. The molecule has 2 atom stereocenters. The highest BCUT2D eigenvalue weighted by Crippen LogP contribution is 2.26. The molecule has 1 aromatic heterocycles. The largest absolute Gasteiger partial charge is 0.494 e. The van der Waals surface area contributed by atoms with Crippen molar-refractivity contribution in [1.29, 1.82) is 0 Å². The Morgan fingerprint density at radius 2 is 2.07 bits per heavy atom. The van der Waals surface area contributed by atoms with Crippen molar-refractivity contribution < 1.29 is 9.15 Å². The summed E-state index contributed by atoms with van der Waals surface area (Å²) in [7, 11) is 0. The molecule has 0 aromatic carbocycles. The summed E-state index contributed by atoms with van der Waals surface area (Å²) in [5, 5.41) is 0. The average molecular weight is 207 g/mol.